The van der Waals surface area contributed by atoms with Crippen LogP contribution in [0.3, 0.4) is 0 Å². The lowest BCUT2D eigenvalue weighted by molar-refractivity contribution is 0.000853. The van der Waals surface area contributed by atoms with E-state index < -0.39 is 0 Å². The molecule has 1 aromatic rings. The third-order valence-electron chi connectivity index (χ3n) is 6.71. The maximum atomic E-state index is 12.5. The number of carbonyl (C=O) groups excluding carboxylic acids is 1. The predicted octanol–water partition coefficient (Wildman–Crippen LogP) is 6.51. The van der Waals surface area contributed by atoms with E-state index in [9.17, 15) is 4.79 Å². The number of carbonyl (C=O) groups is 1. The molecule has 2 saturated carbocycles. The minimum absolute atomic E-state index is 0.0508. The number of hydrogen-bond acceptors (Lipinski definition) is 4. The normalized spacial score (nSPS) is 26.9. The van der Waals surface area contributed by atoms with E-state index in [0.717, 1.165) is 37.0 Å². The second-order valence-corrected chi connectivity index (χ2v) is 8.79. The highest BCUT2D eigenvalue weighted by molar-refractivity contribution is 5.89. The molecule has 2 aliphatic rings. The Bertz CT molecular complexity index is 705. The molecule has 170 valence electrons. The summed E-state index contributed by atoms with van der Waals surface area (Å²) >= 11 is 0. The first-order chi connectivity index (χ1) is 15.2. The summed E-state index contributed by atoms with van der Waals surface area (Å²) in [5.41, 5.74) is 0.594. The van der Waals surface area contributed by atoms with Crippen LogP contribution in [0.4, 0.5) is 0 Å². The zero-order valence-electron chi connectivity index (χ0n) is 19.1. The number of ether oxygens (including phenoxy) is 3. The van der Waals surface area contributed by atoms with Crippen molar-refractivity contribution >= 4 is 5.97 Å². The fraction of sp³-hybridized carbons (Fsp3) is 0.593. The van der Waals surface area contributed by atoms with Crippen LogP contribution in [0.5, 0.6) is 5.75 Å². The lowest BCUT2D eigenvalue weighted by Gasteiger charge is -2.37. The molecule has 2 aliphatic carbocycles. The Morgan fingerprint density at radius 1 is 0.806 bits per heavy atom. The summed E-state index contributed by atoms with van der Waals surface area (Å²) in [6.07, 6.45) is 17.8. The average molecular weight is 427 g/mol. The van der Waals surface area contributed by atoms with Gasteiger partial charge in [-0.15, -0.1) is 0 Å². The van der Waals surface area contributed by atoms with E-state index in [1.54, 1.807) is 12.1 Å². The standard InChI is InChI=1S/C27H38O4/c1-3-5-19-29-24-13-7-21(8-14-24)22-9-17-26(18-10-22)31-27(28)23-11-15-25(16-12-23)30-20-6-4-2/h3-6,11-12,15-16,21-22,24,26H,7-10,13-14,17-20H2,1-2H3. The Morgan fingerprint density at radius 3 is 1.94 bits per heavy atom. The van der Waals surface area contributed by atoms with E-state index in [-0.39, 0.29) is 12.1 Å². The Morgan fingerprint density at radius 2 is 1.35 bits per heavy atom. The molecule has 0 heterocycles. The van der Waals surface area contributed by atoms with Gasteiger partial charge in [-0.3, -0.25) is 0 Å². The second kappa shape index (κ2) is 12.7. The average Bonchev–Trinajstić information content (AvgIpc) is 2.81. The van der Waals surface area contributed by atoms with Crippen LogP contribution in [0, 0.1) is 11.8 Å². The first-order valence-corrected chi connectivity index (χ1v) is 12.0. The van der Waals surface area contributed by atoms with Crippen LogP contribution in [0.25, 0.3) is 0 Å². The molecule has 4 heteroatoms. The molecule has 0 aliphatic heterocycles. The summed E-state index contributed by atoms with van der Waals surface area (Å²) in [6, 6.07) is 7.23. The van der Waals surface area contributed by atoms with Gasteiger partial charge < -0.3 is 14.2 Å². The topological polar surface area (TPSA) is 44.8 Å². The van der Waals surface area contributed by atoms with Crippen LogP contribution in [-0.2, 0) is 9.47 Å². The maximum absolute atomic E-state index is 12.5. The Hall–Kier alpha value is -2.07. The molecule has 0 saturated heterocycles. The first-order valence-electron chi connectivity index (χ1n) is 12.0. The molecular formula is C27H38O4. The summed E-state index contributed by atoms with van der Waals surface area (Å²) in [6.45, 7) is 5.28. The number of benzene rings is 1. The molecular weight excluding hydrogens is 388 g/mol. The smallest absolute Gasteiger partial charge is 0.338 e. The highest BCUT2D eigenvalue weighted by atomic mass is 16.5. The van der Waals surface area contributed by atoms with E-state index in [0.29, 0.717) is 18.3 Å². The monoisotopic (exact) mass is 426 g/mol. The number of esters is 1. The van der Waals surface area contributed by atoms with E-state index >= 15 is 0 Å². The Balaban J connectivity index is 1.37. The van der Waals surface area contributed by atoms with Gasteiger partial charge in [0.15, 0.2) is 0 Å². The molecule has 0 unspecified atom stereocenters. The zero-order valence-corrected chi connectivity index (χ0v) is 19.1. The molecule has 0 spiro atoms. The molecule has 0 radical (unpaired) electrons. The minimum Gasteiger partial charge on any atom is -0.490 e. The lowest BCUT2D eigenvalue weighted by Crippen LogP contribution is -2.31. The van der Waals surface area contributed by atoms with Gasteiger partial charge in [0.1, 0.15) is 18.5 Å². The molecule has 0 bridgehead atoms. The van der Waals surface area contributed by atoms with Crippen molar-refractivity contribution in [2.75, 3.05) is 13.2 Å². The summed E-state index contributed by atoms with van der Waals surface area (Å²) in [7, 11) is 0. The molecule has 0 atom stereocenters. The Labute approximate surface area is 187 Å². The molecule has 0 N–H and O–H groups in total. The van der Waals surface area contributed by atoms with Gasteiger partial charge >= 0.3 is 5.97 Å². The van der Waals surface area contributed by atoms with Crippen molar-refractivity contribution in [2.24, 2.45) is 11.8 Å². The zero-order chi connectivity index (χ0) is 21.9. The van der Waals surface area contributed by atoms with Crippen molar-refractivity contribution in [1.82, 2.24) is 0 Å². The maximum Gasteiger partial charge on any atom is 0.338 e. The SMILES string of the molecule is CC=CCOc1ccc(C(=O)OC2CCC(C3CCC(OCC=CC)CC3)CC2)cc1. The third-order valence-corrected chi connectivity index (χ3v) is 6.71. The van der Waals surface area contributed by atoms with Crippen LogP contribution in [0.2, 0.25) is 0 Å². The minimum atomic E-state index is -0.220. The van der Waals surface area contributed by atoms with Crippen molar-refractivity contribution in [1.29, 1.82) is 0 Å². The number of rotatable bonds is 9. The summed E-state index contributed by atoms with van der Waals surface area (Å²) in [5, 5.41) is 0. The fourth-order valence-corrected chi connectivity index (χ4v) is 4.84. The second-order valence-electron chi connectivity index (χ2n) is 8.79. The first kappa shape index (κ1) is 23.6. The van der Waals surface area contributed by atoms with Gasteiger partial charge in [-0.2, -0.15) is 0 Å². The molecule has 2 fully saturated rings. The molecule has 0 aromatic heterocycles. The molecule has 1 aromatic carbocycles. The summed E-state index contributed by atoms with van der Waals surface area (Å²) in [4.78, 5) is 12.5. The summed E-state index contributed by atoms with van der Waals surface area (Å²) in [5.74, 6) is 2.13. The van der Waals surface area contributed by atoms with E-state index in [2.05, 4.69) is 6.08 Å². The predicted molar refractivity (Wildman–Crippen MR) is 124 cm³/mol. The van der Waals surface area contributed by atoms with Gasteiger partial charge in [-0.25, -0.2) is 4.79 Å². The van der Waals surface area contributed by atoms with Crippen LogP contribution < -0.4 is 4.74 Å². The van der Waals surface area contributed by atoms with E-state index in [1.807, 2.05) is 44.2 Å². The van der Waals surface area contributed by atoms with Gasteiger partial charge in [-0.05, 0) is 101 Å². The van der Waals surface area contributed by atoms with Crippen molar-refractivity contribution in [3.8, 4) is 5.75 Å². The van der Waals surface area contributed by atoms with Crippen molar-refractivity contribution < 1.29 is 19.0 Å². The van der Waals surface area contributed by atoms with E-state index in [1.165, 1.54) is 38.5 Å². The van der Waals surface area contributed by atoms with Gasteiger partial charge in [0.25, 0.3) is 0 Å². The molecule has 0 amide bonds. The quantitative estimate of drug-likeness (QED) is 0.333. The fourth-order valence-electron chi connectivity index (χ4n) is 4.84. The van der Waals surface area contributed by atoms with E-state index in [4.69, 9.17) is 14.2 Å². The summed E-state index contributed by atoms with van der Waals surface area (Å²) < 4.78 is 17.3. The van der Waals surface area contributed by atoms with Gasteiger partial charge in [-0.1, -0.05) is 24.3 Å². The number of hydrogen-bond donors (Lipinski definition) is 0. The lowest BCUT2D eigenvalue weighted by atomic mass is 9.72. The Kier molecular flexibility index (Phi) is 9.67. The number of allylic oxidation sites excluding steroid dienone is 2. The van der Waals surface area contributed by atoms with Crippen LogP contribution in [-0.4, -0.2) is 31.4 Å². The molecule has 31 heavy (non-hydrogen) atoms. The highest BCUT2D eigenvalue weighted by Gasteiger charge is 2.32. The third kappa shape index (κ3) is 7.53. The van der Waals surface area contributed by atoms with Gasteiger partial charge in [0, 0.05) is 0 Å². The molecule has 4 nitrogen and oxygen atoms in total. The van der Waals surface area contributed by atoms with Gasteiger partial charge in [0.2, 0.25) is 0 Å². The van der Waals surface area contributed by atoms with Crippen molar-refractivity contribution in [3.63, 3.8) is 0 Å². The molecule has 3 rings (SSSR count). The van der Waals surface area contributed by atoms with Gasteiger partial charge in [0.05, 0.1) is 18.3 Å². The largest absolute Gasteiger partial charge is 0.490 e. The van der Waals surface area contributed by atoms with Crippen LogP contribution in [0.1, 0.15) is 75.6 Å². The van der Waals surface area contributed by atoms with Crippen LogP contribution >= 0.6 is 0 Å². The van der Waals surface area contributed by atoms with Crippen molar-refractivity contribution in [2.45, 2.75) is 77.4 Å². The highest BCUT2D eigenvalue weighted by Crippen LogP contribution is 2.39. The van der Waals surface area contributed by atoms with Crippen molar-refractivity contribution in [3.05, 3.63) is 54.1 Å². The van der Waals surface area contributed by atoms with Crippen LogP contribution in [0.15, 0.2) is 48.6 Å².